The minimum Gasteiger partial charge on any atom is -0.362 e. The highest BCUT2D eigenvalue weighted by atomic mass is 16.1. The molecule has 5 heteroatoms. The van der Waals surface area contributed by atoms with Gasteiger partial charge in [0.2, 0.25) is 0 Å². The van der Waals surface area contributed by atoms with Crippen LogP contribution in [-0.4, -0.2) is 51.4 Å². The van der Waals surface area contributed by atoms with E-state index in [1.807, 2.05) is 7.05 Å². The normalized spacial score (nSPS) is 30.5. The van der Waals surface area contributed by atoms with Crippen LogP contribution in [0.25, 0.3) is 0 Å². The van der Waals surface area contributed by atoms with E-state index < -0.39 is 0 Å². The molecule has 2 atom stereocenters. The first-order valence-electron chi connectivity index (χ1n) is 4.59. The minimum atomic E-state index is 0.147. The van der Waals surface area contributed by atoms with Crippen molar-refractivity contribution >= 4 is 20.8 Å². The van der Waals surface area contributed by atoms with Crippen molar-refractivity contribution in [3.8, 4) is 0 Å². The van der Waals surface area contributed by atoms with Gasteiger partial charge in [-0.2, -0.15) is 0 Å². The molecule has 1 N–H and O–H groups in total. The highest BCUT2D eigenvalue weighted by Crippen LogP contribution is 2.15. The molecule has 1 aliphatic rings. The summed E-state index contributed by atoms with van der Waals surface area (Å²) in [7, 11) is 5.10. The second-order valence-electron chi connectivity index (χ2n) is 3.56. The Labute approximate surface area is 75.5 Å². The van der Waals surface area contributed by atoms with E-state index in [1.54, 1.807) is 6.92 Å². The molecule has 0 amide bonds. The van der Waals surface area contributed by atoms with Crippen LogP contribution >= 0.6 is 0 Å². The van der Waals surface area contributed by atoms with Gasteiger partial charge < -0.3 is 5.23 Å². The summed E-state index contributed by atoms with van der Waals surface area (Å²) in [4.78, 5) is 13.3. The van der Waals surface area contributed by atoms with Crippen LogP contribution in [-0.2, 0) is 4.79 Å². The van der Waals surface area contributed by atoms with Crippen LogP contribution in [0.3, 0.4) is 0 Å². The van der Waals surface area contributed by atoms with Gasteiger partial charge in [-0.05, 0) is 20.4 Å². The Balaban J connectivity index is 2.44. The lowest BCUT2D eigenvalue weighted by Gasteiger charge is -2.14. The number of nitrogens with zero attached hydrogens (tertiary/aromatic N) is 1. The average molecular weight is 166 g/mol. The van der Waals surface area contributed by atoms with Crippen molar-refractivity contribution in [1.29, 1.82) is 0 Å². The van der Waals surface area contributed by atoms with E-state index in [4.69, 9.17) is 0 Å². The third-order valence-electron chi connectivity index (χ3n) is 2.51. The molecule has 1 heterocycles. The lowest BCUT2D eigenvalue weighted by atomic mass is 9.66. The van der Waals surface area contributed by atoms with Crippen molar-refractivity contribution in [2.24, 2.45) is 0 Å². The van der Waals surface area contributed by atoms with E-state index in [0.717, 1.165) is 20.3 Å². The Hall–Kier alpha value is -0.280. The Morgan fingerprint density at radius 3 is 2.83 bits per heavy atom. The zero-order valence-corrected chi connectivity index (χ0v) is 8.13. The molecule has 66 valence electrons. The maximum atomic E-state index is 11.1. The molecule has 1 saturated heterocycles. The number of nitrogens with one attached hydrogen (secondary N) is 1. The Kier molecular flexibility index (Phi) is 3.35. The highest BCUT2D eigenvalue weighted by molar-refractivity contribution is 6.87. The summed E-state index contributed by atoms with van der Waals surface area (Å²) in [5.74, 6) is 0.290. The number of Topliss-reactive ketones (excluding diaryl/α,β-unsaturated/α-hetero) is 1. The topological polar surface area (TPSA) is 32.3 Å². The number of ketones is 1. The van der Waals surface area contributed by atoms with Gasteiger partial charge in [0.05, 0.1) is 13.8 Å². The predicted molar refractivity (Wildman–Crippen MR) is 54.3 cm³/mol. The maximum absolute atomic E-state index is 11.1. The summed E-state index contributed by atoms with van der Waals surface area (Å²) >= 11 is 0. The molecule has 2 unspecified atom stereocenters. The first-order chi connectivity index (χ1) is 5.65. The van der Waals surface area contributed by atoms with Gasteiger partial charge in [0.1, 0.15) is 5.78 Å². The predicted octanol–water partition coefficient (Wildman–Crippen LogP) is -1.86. The quantitative estimate of drug-likeness (QED) is 0.498. The van der Waals surface area contributed by atoms with Gasteiger partial charge in [0, 0.05) is 12.6 Å². The smallest absolute Gasteiger partial charge is 0.158 e. The third-order valence-corrected chi connectivity index (χ3v) is 2.51. The van der Waals surface area contributed by atoms with E-state index in [-0.39, 0.29) is 11.8 Å². The molecule has 1 rings (SSSR count). The summed E-state index contributed by atoms with van der Waals surface area (Å²) in [6.07, 6.45) is 0.972. The first kappa shape index (κ1) is 9.81. The van der Waals surface area contributed by atoms with Gasteiger partial charge in [0.15, 0.2) is 7.31 Å². The molecule has 0 bridgehead atoms. The SMILES string of the molecule is BBNC1CC(C(C)=O)N(C)C1. The molecule has 1 fully saturated rings. The number of likely N-dealkylation sites (N-methyl/N-ethyl adjacent to an activating group) is 1. The zero-order chi connectivity index (χ0) is 9.14. The van der Waals surface area contributed by atoms with Gasteiger partial charge in [-0.3, -0.25) is 9.69 Å². The zero-order valence-electron chi connectivity index (χ0n) is 8.13. The Bertz CT molecular complexity index is 177. The van der Waals surface area contributed by atoms with Crippen LogP contribution in [0.2, 0.25) is 0 Å². The summed E-state index contributed by atoms with van der Waals surface area (Å²) in [5.41, 5.74) is 0. The van der Waals surface area contributed by atoms with Crippen LogP contribution in [0.4, 0.5) is 0 Å². The Morgan fingerprint density at radius 2 is 2.42 bits per heavy atom. The van der Waals surface area contributed by atoms with Crippen molar-refractivity contribution < 1.29 is 4.79 Å². The molecule has 0 spiro atoms. The summed E-state index contributed by atoms with van der Waals surface area (Å²) in [6, 6.07) is 0.656. The van der Waals surface area contributed by atoms with E-state index in [2.05, 4.69) is 17.9 Å². The molecule has 1 aliphatic heterocycles. The van der Waals surface area contributed by atoms with E-state index in [9.17, 15) is 4.79 Å². The summed E-state index contributed by atoms with van der Waals surface area (Å²) < 4.78 is 0. The number of hydrogen-bond donors (Lipinski definition) is 1. The molecule has 12 heavy (non-hydrogen) atoms. The number of likely N-dealkylation sites (tertiary alicyclic amines) is 1. The van der Waals surface area contributed by atoms with Gasteiger partial charge in [-0.25, -0.2) is 0 Å². The summed E-state index contributed by atoms with van der Waals surface area (Å²) in [5, 5.41) is 3.37. The van der Waals surface area contributed by atoms with Gasteiger partial charge in [0.25, 0.3) is 0 Å². The molecule has 0 aliphatic carbocycles. The molecule has 3 nitrogen and oxygen atoms in total. The fourth-order valence-corrected chi connectivity index (χ4v) is 1.91. The molecular formula is C7H16B2N2O. The van der Waals surface area contributed by atoms with Crippen LogP contribution in [0, 0.1) is 0 Å². The largest absolute Gasteiger partial charge is 0.362 e. The standard InChI is InChI=1S/C7H16B2N2O/c1-5(12)7-3-6(10-9-8)4-11(7)2/h6-7,9-10H,3-4,8H2,1-2H3. The lowest BCUT2D eigenvalue weighted by Crippen LogP contribution is -2.34. The van der Waals surface area contributed by atoms with Crippen LogP contribution in [0.5, 0.6) is 0 Å². The summed E-state index contributed by atoms with van der Waals surface area (Å²) in [6.45, 7) is 2.67. The molecule has 0 aromatic carbocycles. The minimum absolute atomic E-state index is 0.147. The van der Waals surface area contributed by atoms with Crippen molar-refractivity contribution in [3.63, 3.8) is 0 Å². The first-order valence-corrected chi connectivity index (χ1v) is 4.59. The van der Waals surface area contributed by atoms with E-state index in [0.29, 0.717) is 6.04 Å². The second kappa shape index (κ2) is 4.10. The maximum Gasteiger partial charge on any atom is 0.158 e. The molecule has 0 aromatic rings. The highest BCUT2D eigenvalue weighted by Gasteiger charge is 2.31. The van der Waals surface area contributed by atoms with Crippen molar-refractivity contribution in [2.75, 3.05) is 13.6 Å². The van der Waals surface area contributed by atoms with Crippen LogP contribution < -0.4 is 5.23 Å². The lowest BCUT2D eigenvalue weighted by molar-refractivity contribution is -0.120. The molecule has 0 radical (unpaired) electrons. The Morgan fingerprint density at radius 1 is 1.75 bits per heavy atom. The molecule has 0 aromatic heterocycles. The average Bonchev–Trinajstić information content (AvgIpc) is 2.32. The fourth-order valence-electron chi connectivity index (χ4n) is 1.91. The van der Waals surface area contributed by atoms with Gasteiger partial charge >= 0.3 is 0 Å². The van der Waals surface area contributed by atoms with Crippen molar-refractivity contribution in [3.05, 3.63) is 0 Å². The van der Waals surface area contributed by atoms with E-state index in [1.165, 1.54) is 0 Å². The third kappa shape index (κ3) is 2.11. The number of carbonyl (C=O) groups is 1. The number of carbonyl (C=O) groups excluding carboxylic acids is 1. The monoisotopic (exact) mass is 166 g/mol. The number of rotatable bonds is 3. The molecular weight excluding hydrogens is 150 g/mol. The van der Waals surface area contributed by atoms with E-state index >= 15 is 0 Å². The second-order valence-corrected chi connectivity index (χ2v) is 3.56. The van der Waals surface area contributed by atoms with Gasteiger partial charge in [-0.15, -0.1) is 0 Å². The number of hydrogen-bond acceptors (Lipinski definition) is 3. The van der Waals surface area contributed by atoms with Gasteiger partial charge in [-0.1, -0.05) is 0 Å². The molecule has 0 saturated carbocycles. The van der Waals surface area contributed by atoms with Crippen LogP contribution in [0.15, 0.2) is 0 Å². The van der Waals surface area contributed by atoms with Crippen molar-refractivity contribution in [2.45, 2.75) is 25.4 Å². The fraction of sp³-hybridized carbons (Fsp3) is 0.857. The van der Waals surface area contributed by atoms with Crippen LogP contribution in [0.1, 0.15) is 13.3 Å². The van der Waals surface area contributed by atoms with Crippen molar-refractivity contribution in [1.82, 2.24) is 10.1 Å².